The number of aromatic nitrogens is 2. The standard InChI is InChI=1S/C19H18N4O4S/c1-11-12(2)21-17-10-14(6-9-16(17)20-11)19(25)23-22-18(24)13-4-7-15(8-5-13)28(3,26)27/h4-10H,1-3H3,(H,22,24)(H,23,25). The van der Waals surface area contributed by atoms with Gasteiger partial charge in [-0.15, -0.1) is 0 Å². The summed E-state index contributed by atoms with van der Waals surface area (Å²) in [5.41, 5.74) is 8.01. The fourth-order valence-electron chi connectivity index (χ4n) is 2.48. The van der Waals surface area contributed by atoms with Crippen molar-refractivity contribution in [2.75, 3.05) is 6.26 Å². The Bertz CT molecular complexity index is 1190. The van der Waals surface area contributed by atoms with Gasteiger partial charge in [0.25, 0.3) is 11.8 Å². The van der Waals surface area contributed by atoms with Crippen LogP contribution >= 0.6 is 0 Å². The molecule has 0 radical (unpaired) electrons. The van der Waals surface area contributed by atoms with E-state index in [4.69, 9.17) is 0 Å². The lowest BCUT2D eigenvalue weighted by Gasteiger charge is -2.09. The SMILES string of the molecule is Cc1nc2ccc(C(=O)NNC(=O)c3ccc(S(C)(=O)=O)cc3)cc2nc1C. The Morgan fingerprint density at radius 2 is 1.29 bits per heavy atom. The van der Waals surface area contributed by atoms with E-state index in [0.29, 0.717) is 16.6 Å². The first-order valence-corrected chi connectivity index (χ1v) is 10.2. The van der Waals surface area contributed by atoms with Crippen LogP contribution in [0.4, 0.5) is 0 Å². The number of carbonyl (C=O) groups excluding carboxylic acids is 2. The van der Waals surface area contributed by atoms with E-state index in [2.05, 4.69) is 20.8 Å². The zero-order valence-electron chi connectivity index (χ0n) is 15.5. The third kappa shape index (κ3) is 4.15. The van der Waals surface area contributed by atoms with E-state index in [-0.39, 0.29) is 10.5 Å². The summed E-state index contributed by atoms with van der Waals surface area (Å²) < 4.78 is 22.9. The number of hydrogen-bond donors (Lipinski definition) is 2. The van der Waals surface area contributed by atoms with Crippen LogP contribution in [0.5, 0.6) is 0 Å². The predicted octanol–water partition coefficient (Wildman–Crippen LogP) is 1.72. The van der Waals surface area contributed by atoms with Crippen LogP contribution in [0.1, 0.15) is 32.1 Å². The average molecular weight is 398 g/mol. The Kier molecular flexibility index (Phi) is 5.10. The molecule has 0 fully saturated rings. The molecule has 3 aromatic rings. The fraction of sp³-hybridized carbons (Fsp3) is 0.158. The second-order valence-corrected chi connectivity index (χ2v) is 8.32. The molecule has 3 rings (SSSR count). The number of aryl methyl sites for hydroxylation is 2. The Morgan fingerprint density at radius 3 is 1.86 bits per heavy atom. The van der Waals surface area contributed by atoms with Crippen LogP contribution in [0.15, 0.2) is 47.4 Å². The number of fused-ring (bicyclic) bond motifs is 1. The van der Waals surface area contributed by atoms with E-state index in [1.54, 1.807) is 18.2 Å². The van der Waals surface area contributed by atoms with Crippen LogP contribution in [0.3, 0.4) is 0 Å². The number of rotatable bonds is 3. The molecule has 2 aromatic carbocycles. The van der Waals surface area contributed by atoms with E-state index >= 15 is 0 Å². The predicted molar refractivity (Wildman–Crippen MR) is 103 cm³/mol. The summed E-state index contributed by atoms with van der Waals surface area (Å²) in [5, 5.41) is 0. The smallest absolute Gasteiger partial charge is 0.267 e. The highest BCUT2D eigenvalue weighted by Crippen LogP contribution is 2.14. The molecule has 28 heavy (non-hydrogen) atoms. The number of hydrazine groups is 1. The lowest BCUT2D eigenvalue weighted by Crippen LogP contribution is -2.41. The van der Waals surface area contributed by atoms with Gasteiger partial charge in [-0.25, -0.2) is 18.4 Å². The number of nitrogens with zero attached hydrogens (tertiary/aromatic N) is 2. The molecule has 0 spiro atoms. The molecule has 8 nitrogen and oxygen atoms in total. The third-order valence-electron chi connectivity index (χ3n) is 4.17. The van der Waals surface area contributed by atoms with Gasteiger partial charge in [-0.3, -0.25) is 20.4 Å². The Labute approximate surface area is 161 Å². The minimum atomic E-state index is -3.34. The summed E-state index contributed by atoms with van der Waals surface area (Å²) in [6, 6.07) is 10.3. The van der Waals surface area contributed by atoms with Gasteiger partial charge in [0, 0.05) is 17.4 Å². The minimum Gasteiger partial charge on any atom is -0.267 e. The zero-order chi connectivity index (χ0) is 20.5. The van der Waals surface area contributed by atoms with E-state index < -0.39 is 21.7 Å². The third-order valence-corrected chi connectivity index (χ3v) is 5.30. The highest BCUT2D eigenvalue weighted by atomic mass is 32.2. The van der Waals surface area contributed by atoms with Crippen LogP contribution in [0, 0.1) is 13.8 Å². The van der Waals surface area contributed by atoms with Crippen LogP contribution in [-0.2, 0) is 9.84 Å². The number of hydrogen-bond acceptors (Lipinski definition) is 6. The normalized spacial score (nSPS) is 11.2. The number of carbonyl (C=O) groups is 2. The number of sulfone groups is 1. The lowest BCUT2D eigenvalue weighted by atomic mass is 10.1. The first kappa shape index (κ1) is 19.4. The van der Waals surface area contributed by atoms with Gasteiger partial charge in [0.15, 0.2) is 9.84 Å². The largest absolute Gasteiger partial charge is 0.269 e. The van der Waals surface area contributed by atoms with Crippen molar-refractivity contribution in [2.45, 2.75) is 18.7 Å². The molecular weight excluding hydrogens is 380 g/mol. The number of benzene rings is 2. The lowest BCUT2D eigenvalue weighted by molar-refractivity contribution is 0.0846. The maximum absolute atomic E-state index is 12.3. The fourth-order valence-corrected chi connectivity index (χ4v) is 3.11. The van der Waals surface area contributed by atoms with Crippen LogP contribution in [0.25, 0.3) is 11.0 Å². The average Bonchev–Trinajstić information content (AvgIpc) is 2.65. The van der Waals surface area contributed by atoms with Crippen molar-refractivity contribution >= 4 is 32.7 Å². The molecule has 9 heteroatoms. The van der Waals surface area contributed by atoms with Crippen LogP contribution in [0.2, 0.25) is 0 Å². The van der Waals surface area contributed by atoms with Crippen molar-refractivity contribution in [3.8, 4) is 0 Å². The molecule has 0 saturated carbocycles. The molecule has 2 N–H and O–H groups in total. The number of amides is 2. The van der Waals surface area contributed by atoms with E-state index in [1.165, 1.54) is 24.3 Å². The summed E-state index contributed by atoms with van der Waals surface area (Å²) in [4.78, 5) is 33.4. The molecule has 0 aliphatic rings. The van der Waals surface area contributed by atoms with E-state index in [9.17, 15) is 18.0 Å². The van der Waals surface area contributed by atoms with Gasteiger partial charge in [0.1, 0.15) is 0 Å². The van der Waals surface area contributed by atoms with Crippen molar-refractivity contribution < 1.29 is 18.0 Å². The van der Waals surface area contributed by atoms with Crippen molar-refractivity contribution in [1.29, 1.82) is 0 Å². The second kappa shape index (κ2) is 7.35. The zero-order valence-corrected chi connectivity index (χ0v) is 16.3. The Hall–Kier alpha value is -3.33. The van der Waals surface area contributed by atoms with E-state index in [1.807, 2.05) is 13.8 Å². The summed E-state index contributed by atoms with van der Waals surface area (Å²) in [6.07, 6.45) is 1.08. The maximum Gasteiger partial charge on any atom is 0.269 e. The molecule has 0 unspecified atom stereocenters. The van der Waals surface area contributed by atoms with Gasteiger partial charge < -0.3 is 0 Å². The van der Waals surface area contributed by atoms with Gasteiger partial charge in [-0.05, 0) is 56.3 Å². The van der Waals surface area contributed by atoms with Crippen LogP contribution < -0.4 is 10.9 Å². The van der Waals surface area contributed by atoms with Crippen molar-refractivity contribution in [3.63, 3.8) is 0 Å². The summed E-state index contributed by atoms with van der Waals surface area (Å²) in [7, 11) is -3.34. The van der Waals surface area contributed by atoms with Gasteiger partial charge in [-0.2, -0.15) is 0 Å². The highest BCUT2D eigenvalue weighted by molar-refractivity contribution is 7.90. The minimum absolute atomic E-state index is 0.107. The molecule has 0 bridgehead atoms. The quantitative estimate of drug-likeness (QED) is 0.649. The monoisotopic (exact) mass is 398 g/mol. The second-order valence-electron chi connectivity index (χ2n) is 6.30. The molecule has 0 saturated heterocycles. The molecule has 1 heterocycles. The molecule has 0 aliphatic carbocycles. The van der Waals surface area contributed by atoms with Crippen molar-refractivity contribution in [1.82, 2.24) is 20.8 Å². The number of nitrogens with one attached hydrogen (secondary N) is 2. The summed E-state index contributed by atoms with van der Waals surface area (Å²) in [5.74, 6) is -1.08. The molecular formula is C19H18N4O4S. The molecule has 1 aromatic heterocycles. The van der Waals surface area contributed by atoms with Gasteiger partial charge in [-0.1, -0.05) is 0 Å². The van der Waals surface area contributed by atoms with Gasteiger partial charge in [0.05, 0.1) is 27.3 Å². The van der Waals surface area contributed by atoms with Crippen molar-refractivity contribution in [2.24, 2.45) is 0 Å². The summed E-state index contributed by atoms with van der Waals surface area (Å²) >= 11 is 0. The maximum atomic E-state index is 12.3. The van der Waals surface area contributed by atoms with E-state index in [0.717, 1.165) is 17.6 Å². The molecule has 0 aliphatic heterocycles. The first-order valence-electron chi connectivity index (χ1n) is 8.31. The molecule has 2 amide bonds. The summed E-state index contributed by atoms with van der Waals surface area (Å²) in [6.45, 7) is 3.70. The van der Waals surface area contributed by atoms with Crippen molar-refractivity contribution in [3.05, 3.63) is 65.0 Å². The highest BCUT2D eigenvalue weighted by Gasteiger charge is 2.12. The topological polar surface area (TPSA) is 118 Å². The molecule has 0 atom stereocenters. The van der Waals surface area contributed by atoms with Gasteiger partial charge >= 0.3 is 0 Å². The first-order chi connectivity index (χ1) is 13.1. The Morgan fingerprint density at radius 1 is 0.786 bits per heavy atom. The molecule has 144 valence electrons. The Balaban J connectivity index is 1.70. The van der Waals surface area contributed by atoms with Crippen LogP contribution in [-0.4, -0.2) is 36.5 Å². The van der Waals surface area contributed by atoms with Gasteiger partial charge in [0.2, 0.25) is 0 Å².